The van der Waals surface area contributed by atoms with Crippen molar-refractivity contribution in [2.75, 3.05) is 4.90 Å². The highest BCUT2D eigenvalue weighted by molar-refractivity contribution is 5.46. The second kappa shape index (κ2) is 4.84. The van der Waals surface area contributed by atoms with Gasteiger partial charge in [-0.25, -0.2) is 0 Å². The van der Waals surface area contributed by atoms with Gasteiger partial charge in [-0.15, -0.1) is 0 Å². The lowest BCUT2D eigenvalue weighted by Crippen LogP contribution is -2.24. The van der Waals surface area contributed by atoms with Crippen molar-refractivity contribution in [2.24, 2.45) is 0 Å². The van der Waals surface area contributed by atoms with Gasteiger partial charge in [0.1, 0.15) is 0 Å². The molecule has 0 spiro atoms. The molecule has 0 N–H and O–H groups in total. The zero-order chi connectivity index (χ0) is 12.4. The summed E-state index contributed by atoms with van der Waals surface area (Å²) in [5, 5.41) is 4.38. The zero-order valence-electron chi connectivity index (χ0n) is 10.8. The molecule has 3 nitrogen and oxygen atoms in total. The van der Waals surface area contributed by atoms with Crippen LogP contribution in [0, 0.1) is 0 Å². The predicted octanol–water partition coefficient (Wildman–Crippen LogP) is 3.07. The van der Waals surface area contributed by atoms with Gasteiger partial charge in [0.2, 0.25) is 0 Å². The van der Waals surface area contributed by atoms with Gasteiger partial charge in [0.15, 0.2) is 0 Å². The number of rotatable bonds is 5. The van der Waals surface area contributed by atoms with Gasteiger partial charge in [-0.3, -0.25) is 4.68 Å². The molecule has 1 saturated carbocycles. The maximum absolute atomic E-state index is 4.38. The van der Waals surface area contributed by atoms with Crippen LogP contribution in [-0.2, 0) is 13.1 Å². The third-order valence-electron chi connectivity index (χ3n) is 3.46. The number of aromatic nitrogens is 2. The molecule has 2 aromatic rings. The van der Waals surface area contributed by atoms with Crippen molar-refractivity contribution in [1.82, 2.24) is 9.78 Å². The number of hydrogen-bond donors (Lipinski definition) is 0. The maximum atomic E-state index is 4.38. The summed E-state index contributed by atoms with van der Waals surface area (Å²) in [5.41, 5.74) is 2.62. The summed E-state index contributed by atoms with van der Waals surface area (Å²) < 4.78 is 2.00. The number of hydrogen-bond acceptors (Lipinski definition) is 2. The largest absolute Gasteiger partial charge is 0.362 e. The Kier molecular flexibility index (Phi) is 3.05. The highest BCUT2D eigenvalue weighted by Crippen LogP contribution is 2.32. The van der Waals surface area contributed by atoms with E-state index < -0.39 is 0 Å². The second-order valence-electron chi connectivity index (χ2n) is 4.90. The van der Waals surface area contributed by atoms with Crippen LogP contribution in [0.25, 0.3) is 0 Å². The fourth-order valence-electron chi connectivity index (χ4n) is 2.27. The average molecular weight is 241 g/mol. The summed E-state index contributed by atoms with van der Waals surface area (Å²) in [6.45, 7) is 4.04. The number of aryl methyl sites for hydroxylation is 1. The lowest BCUT2D eigenvalue weighted by molar-refractivity contribution is 0.659. The summed E-state index contributed by atoms with van der Waals surface area (Å²) in [7, 11) is 0. The molecule has 3 rings (SSSR count). The Bertz CT molecular complexity index is 499. The number of anilines is 1. The summed E-state index contributed by atoms with van der Waals surface area (Å²) in [6, 6.07) is 11.4. The zero-order valence-corrected chi connectivity index (χ0v) is 10.8. The Balaban J connectivity index is 1.80. The Morgan fingerprint density at radius 3 is 2.67 bits per heavy atom. The first-order valence-electron chi connectivity index (χ1n) is 6.70. The molecule has 1 aromatic heterocycles. The van der Waals surface area contributed by atoms with Gasteiger partial charge in [0.05, 0.1) is 11.9 Å². The third-order valence-corrected chi connectivity index (χ3v) is 3.46. The molecule has 0 bridgehead atoms. The standard InChI is InChI=1S/C15H19N3/c1-2-17-12-15(10-16-17)18(14-8-9-14)11-13-6-4-3-5-7-13/h3-7,10,12,14H,2,8-9,11H2,1H3. The van der Waals surface area contributed by atoms with E-state index in [4.69, 9.17) is 0 Å². The first kappa shape index (κ1) is 11.3. The highest BCUT2D eigenvalue weighted by atomic mass is 15.3. The molecule has 3 heteroatoms. The van der Waals surface area contributed by atoms with Crippen LogP contribution in [0.5, 0.6) is 0 Å². The van der Waals surface area contributed by atoms with Crippen LogP contribution in [-0.4, -0.2) is 15.8 Å². The van der Waals surface area contributed by atoms with E-state index in [0.29, 0.717) is 6.04 Å². The minimum atomic E-state index is 0.708. The monoisotopic (exact) mass is 241 g/mol. The molecular formula is C15H19N3. The molecule has 0 unspecified atom stereocenters. The second-order valence-corrected chi connectivity index (χ2v) is 4.90. The highest BCUT2D eigenvalue weighted by Gasteiger charge is 2.29. The van der Waals surface area contributed by atoms with E-state index in [0.717, 1.165) is 13.1 Å². The quantitative estimate of drug-likeness (QED) is 0.802. The van der Waals surface area contributed by atoms with Crippen LogP contribution < -0.4 is 4.90 Å². The van der Waals surface area contributed by atoms with Crippen LogP contribution in [0.2, 0.25) is 0 Å². The van der Waals surface area contributed by atoms with E-state index in [1.54, 1.807) is 0 Å². The van der Waals surface area contributed by atoms with Crippen molar-refractivity contribution in [2.45, 2.75) is 38.9 Å². The van der Waals surface area contributed by atoms with Gasteiger partial charge < -0.3 is 4.90 Å². The summed E-state index contributed by atoms with van der Waals surface area (Å²) in [4.78, 5) is 2.48. The predicted molar refractivity (Wildman–Crippen MR) is 73.5 cm³/mol. The van der Waals surface area contributed by atoms with Crippen molar-refractivity contribution in [3.63, 3.8) is 0 Å². The minimum absolute atomic E-state index is 0.708. The van der Waals surface area contributed by atoms with Crippen molar-refractivity contribution in [1.29, 1.82) is 0 Å². The minimum Gasteiger partial charge on any atom is -0.362 e. The SMILES string of the molecule is CCn1cc(N(Cc2ccccc2)C2CC2)cn1. The Labute approximate surface area is 108 Å². The van der Waals surface area contributed by atoms with Gasteiger partial charge in [0, 0.05) is 25.3 Å². The molecule has 1 fully saturated rings. The average Bonchev–Trinajstić information content (AvgIpc) is 3.14. The van der Waals surface area contributed by atoms with Crippen molar-refractivity contribution in [3.8, 4) is 0 Å². The van der Waals surface area contributed by atoms with Crippen LogP contribution in [0.4, 0.5) is 5.69 Å². The van der Waals surface area contributed by atoms with Gasteiger partial charge in [-0.05, 0) is 25.3 Å². The summed E-state index contributed by atoms with van der Waals surface area (Å²) in [6.07, 6.45) is 6.76. The first-order valence-corrected chi connectivity index (χ1v) is 6.70. The van der Waals surface area contributed by atoms with E-state index in [1.165, 1.54) is 24.1 Å². The van der Waals surface area contributed by atoms with Crippen LogP contribution in [0.15, 0.2) is 42.7 Å². The van der Waals surface area contributed by atoms with Crippen molar-refractivity contribution >= 4 is 5.69 Å². The van der Waals surface area contributed by atoms with Gasteiger partial charge in [-0.2, -0.15) is 5.10 Å². The molecule has 94 valence electrons. The van der Waals surface area contributed by atoms with E-state index in [9.17, 15) is 0 Å². The normalized spacial score (nSPS) is 14.7. The molecule has 0 aliphatic heterocycles. The molecular weight excluding hydrogens is 222 g/mol. The molecule has 18 heavy (non-hydrogen) atoms. The van der Waals surface area contributed by atoms with Crippen LogP contribution in [0.3, 0.4) is 0 Å². The van der Waals surface area contributed by atoms with Crippen LogP contribution in [0.1, 0.15) is 25.3 Å². The molecule has 0 atom stereocenters. The summed E-state index contributed by atoms with van der Waals surface area (Å²) in [5.74, 6) is 0. The number of nitrogens with zero attached hydrogens (tertiary/aromatic N) is 3. The van der Waals surface area contributed by atoms with Crippen molar-refractivity contribution in [3.05, 3.63) is 48.3 Å². The molecule has 0 amide bonds. The van der Waals surface area contributed by atoms with Gasteiger partial charge in [-0.1, -0.05) is 30.3 Å². The lowest BCUT2D eigenvalue weighted by Gasteiger charge is -2.22. The number of benzene rings is 1. The maximum Gasteiger partial charge on any atom is 0.0758 e. The van der Waals surface area contributed by atoms with E-state index in [-0.39, 0.29) is 0 Å². The molecule has 1 aliphatic carbocycles. The topological polar surface area (TPSA) is 21.1 Å². The van der Waals surface area contributed by atoms with Gasteiger partial charge >= 0.3 is 0 Å². The van der Waals surface area contributed by atoms with E-state index >= 15 is 0 Å². The smallest absolute Gasteiger partial charge is 0.0758 e. The Hall–Kier alpha value is -1.77. The van der Waals surface area contributed by atoms with E-state index in [1.807, 2.05) is 10.9 Å². The Morgan fingerprint density at radius 2 is 2.06 bits per heavy atom. The van der Waals surface area contributed by atoms with Crippen molar-refractivity contribution < 1.29 is 0 Å². The lowest BCUT2D eigenvalue weighted by atomic mass is 10.2. The first-order chi connectivity index (χ1) is 8.86. The van der Waals surface area contributed by atoms with Crippen LogP contribution >= 0.6 is 0 Å². The molecule has 0 radical (unpaired) electrons. The fraction of sp³-hybridized carbons (Fsp3) is 0.400. The molecule has 1 heterocycles. The molecule has 0 saturated heterocycles. The fourth-order valence-corrected chi connectivity index (χ4v) is 2.27. The Morgan fingerprint density at radius 1 is 1.28 bits per heavy atom. The summed E-state index contributed by atoms with van der Waals surface area (Å²) >= 11 is 0. The molecule has 1 aromatic carbocycles. The molecule has 1 aliphatic rings. The van der Waals surface area contributed by atoms with Gasteiger partial charge in [0.25, 0.3) is 0 Å². The third kappa shape index (κ3) is 2.40. The van der Waals surface area contributed by atoms with E-state index in [2.05, 4.69) is 53.5 Å².